The molecule has 0 aromatic carbocycles. The van der Waals surface area contributed by atoms with Gasteiger partial charge in [0.2, 0.25) is 0 Å². The molecule has 0 saturated heterocycles. The monoisotopic (exact) mass is 273 g/mol. The average Bonchev–Trinajstić information content (AvgIpc) is 2.81. The summed E-state index contributed by atoms with van der Waals surface area (Å²) in [6, 6.07) is 0. The molecule has 1 aromatic rings. The molecule has 20 heavy (non-hydrogen) atoms. The molecule has 1 heterocycles. The Labute approximate surface area is 122 Å². The molecule has 3 heteroatoms. The molecule has 4 bridgehead atoms. The largest absolute Gasteiger partial charge is 0.315 e. The second-order valence-electron chi connectivity index (χ2n) is 7.64. The first-order valence-corrected chi connectivity index (χ1v) is 8.66. The third kappa shape index (κ3) is 1.78. The summed E-state index contributed by atoms with van der Waals surface area (Å²) >= 11 is 0. The van der Waals surface area contributed by atoms with Crippen LogP contribution in [-0.4, -0.2) is 14.8 Å². The summed E-state index contributed by atoms with van der Waals surface area (Å²) in [4.78, 5) is 0. The fourth-order valence-electron chi connectivity index (χ4n) is 5.83. The quantitative estimate of drug-likeness (QED) is 0.837. The summed E-state index contributed by atoms with van der Waals surface area (Å²) in [5, 5.41) is 9.23. The molecule has 0 unspecified atom stereocenters. The van der Waals surface area contributed by atoms with Gasteiger partial charge in [0.05, 0.1) is 0 Å². The van der Waals surface area contributed by atoms with Crippen molar-refractivity contribution in [2.75, 3.05) is 0 Å². The van der Waals surface area contributed by atoms with E-state index < -0.39 is 0 Å². The summed E-state index contributed by atoms with van der Waals surface area (Å²) in [6.45, 7) is 5.58. The van der Waals surface area contributed by atoms with Crippen molar-refractivity contribution in [2.45, 2.75) is 77.2 Å². The van der Waals surface area contributed by atoms with Gasteiger partial charge in [-0.25, -0.2) is 0 Å². The predicted octanol–water partition coefficient (Wildman–Crippen LogP) is 3.72. The van der Waals surface area contributed by atoms with E-state index in [2.05, 4.69) is 23.5 Å². The van der Waals surface area contributed by atoms with Crippen LogP contribution in [0.15, 0.2) is 0 Å². The lowest BCUT2D eigenvalue weighted by Gasteiger charge is -2.56. The van der Waals surface area contributed by atoms with Crippen molar-refractivity contribution >= 4 is 0 Å². The lowest BCUT2D eigenvalue weighted by molar-refractivity contribution is -0.0112. The Morgan fingerprint density at radius 1 is 1.00 bits per heavy atom. The highest BCUT2D eigenvalue weighted by Gasteiger charge is 2.53. The lowest BCUT2D eigenvalue weighted by Crippen LogP contribution is -2.49. The minimum absolute atomic E-state index is 0.393. The third-order valence-corrected chi connectivity index (χ3v) is 6.10. The van der Waals surface area contributed by atoms with E-state index in [4.69, 9.17) is 5.10 Å². The summed E-state index contributed by atoms with van der Waals surface area (Å²) in [5.74, 6) is 5.52. The van der Waals surface area contributed by atoms with Crippen molar-refractivity contribution in [2.24, 2.45) is 17.8 Å². The van der Waals surface area contributed by atoms with Crippen molar-refractivity contribution < 1.29 is 0 Å². The Morgan fingerprint density at radius 2 is 1.60 bits per heavy atom. The van der Waals surface area contributed by atoms with Crippen LogP contribution in [0.5, 0.6) is 0 Å². The highest BCUT2D eigenvalue weighted by atomic mass is 15.3. The summed E-state index contributed by atoms with van der Waals surface area (Å²) < 4.78 is 2.48. The zero-order valence-corrected chi connectivity index (χ0v) is 12.9. The molecule has 0 atom stereocenters. The highest BCUT2D eigenvalue weighted by Crippen LogP contribution is 2.60. The van der Waals surface area contributed by atoms with Gasteiger partial charge in [0, 0.05) is 18.4 Å². The second-order valence-corrected chi connectivity index (χ2v) is 7.64. The molecular weight excluding hydrogens is 246 g/mol. The standard InChI is InChI=1S/C17H27N3/c1-3-5-20-15(4-2)18-19-16(20)17-9-12-6-13(10-17)8-14(7-12)11-17/h12-14H,3-11H2,1-2H3. The second kappa shape index (κ2) is 4.57. The van der Waals surface area contributed by atoms with E-state index >= 15 is 0 Å². The van der Waals surface area contributed by atoms with Gasteiger partial charge in [0.25, 0.3) is 0 Å². The number of hydrogen-bond donors (Lipinski definition) is 0. The topological polar surface area (TPSA) is 30.7 Å². The number of hydrogen-bond acceptors (Lipinski definition) is 2. The number of aryl methyl sites for hydroxylation is 1. The van der Waals surface area contributed by atoms with Crippen LogP contribution in [0.1, 0.15) is 70.4 Å². The molecule has 1 aromatic heterocycles. The first-order valence-electron chi connectivity index (χ1n) is 8.66. The van der Waals surface area contributed by atoms with Crippen LogP contribution in [0.2, 0.25) is 0 Å². The Balaban J connectivity index is 1.75. The van der Waals surface area contributed by atoms with E-state index in [1.54, 1.807) is 0 Å². The van der Waals surface area contributed by atoms with Gasteiger partial charge in [-0.2, -0.15) is 0 Å². The van der Waals surface area contributed by atoms with E-state index in [0.717, 1.165) is 30.7 Å². The molecule has 0 radical (unpaired) electrons. The highest BCUT2D eigenvalue weighted by molar-refractivity contribution is 5.19. The van der Waals surface area contributed by atoms with E-state index in [0.29, 0.717) is 5.41 Å². The zero-order chi connectivity index (χ0) is 13.7. The van der Waals surface area contributed by atoms with Gasteiger partial charge in [-0.15, -0.1) is 10.2 Å². The SMILES string of the molecule is CCCn1c(CC)nnc1C12CC3CC(CC(C3)C1)C2. The van der Waals surface area contributed by atoms with Crippen LogP contribution < -0.4 is 0 Å². The van der Waals surface area contributed by atoms with Crippen LogP contribution in [0, 0.1) is 17.8 Å². The molecule has 4 aliphatic carbocycles. The predicted molar refractivity (Wildman–Crippen MR) is 79.5 cm³/mol. The fourth-order valence-corrected chi connectivity index (χ4v) is 5.83. The maximum absolute atomic E-state index is 4.71. The molecule has 0 amide bonds. The maximum atomic E-state index is 4.71. The molecule has 5 rings (SSSR count). The molecule has 110 valence electrons. The Hall–Kier alpha value is -0.860. The van der Waals surface area contributed by atoms with Gasteiger partial charge in [0.15, 0.2) is 0 Å². The van der Waals surface area contributed by atoms with Crippen LogP contribution in [0.3, 0.4) is 0 Å². The molecule has 4 aliphatic rings. The number of nitrogens with zero attached hydrogens (tertiary/aromatic N) is 3. The Bertz CT molecular complexity index is 467. The molecule has 0 aliphatic heterocycles. The van der Waals surface area contributed by atoms with Crippen molar-refractivity contribution in [1.29, 1.82) is 0 Å². The van der Waals surface area contributed by atoms with Crippen LogP contribution in [0.25, 0.3) is 0 Å². The van der Waals surface area contributed by atoms with E-state index in [1.165, 1.54) is 56.6 Å². The van der Waals surface area contributed by atoms with Gasteiger partial charge in [-0.1, -0.05) is 13.8 Å². The summed E-state index contributed by atoms with van der Waals surface area (Å²) in [5.41, 5.74) is 0.393. The van der Waals surface area contributed by atoms with Gasteiger partial charge in [-0.05, 0) is 62.7 Å². The van der Waals surface area contributed by atoms with E-state index in [1.807, 2.05) is 0 Å². The average molecular weight is 273 g/mol. The van der Waals surface area contributed by atoms with Gasteiger partial charge < -0.3 is 4.57 Å². The van der Waals surface area contributed by atoms with Crippen molar-refractivity contribution in [3.05, 3.63) is 11.6 Å². The Kier molecular flexibility index (Phi) is 2.94. The van der Waals surface area contributed by atoms with Crippen LogP contribution in [0.4, 0.5) is 0 Å². The number of rotatable bonds is 4. The molecule has 0 N–H and O–H groups in total. The van der Waals surface area contributed by atoms with E-state index in [-0.39, 0.29) is 0 Å². The van der Waals surface area contributed by atoms with Crippen molar-refractivity contribution in [3.8, 4) is 0 Å². The Morgan fingerprint density at radius 3 is 2.10 bits per heavy atom. The third-order valence-electron chi connectivity index (χ3n) is 6.10. The molecular formula is C17H27N3. The molecule has 0 spiro atoms. The fraction of sp³-hybridized carbons (Fsp3) is 0.882. The summed E-state index contributed by atoms with van der Waals surface area (Å²) in [6.07, 6.45) is 10.9. The zero-order valence-electron chi connectivity index (χ0n) is 12.9. The normalized spacial score (nSPS) is 38.6. The molecule has 3 nitrogen and oxygen atoms in total. The van der Waals surface area contributed by atoms with E-state index in [9.17, 15) is 0 Å². The number of aromatic nitrogens is 3. The van der Waals surface area contributed by atoms with Gasteiger partial charge in [0.1, 0.15) is 11.6 Å². The molecule has 4 saturated carbocycles. The minimum atomic E-state index is 0.393. The smallest absolute Gasteiger partial charge is 0.139 e. The van der Waals surface area contributed by atoms with Crippen LogP contribution >= 0.6 is 0 Å². The summed E-state index contributed by atoms with van der Waals surface area (Å²) in [7, 11) is 0. The van der Waals surface area contributed by atoms with Crippen molar-refractivity contribution in [3.63, 3.8) is 0 Å². The van der Waals surface area contributed by atoms with Crippen molar-refractivity contribution in [1.82, 2.24) is 14.8 Å². The minimum Gasteiger partial charge on any atom is -0.315 e. The first kappa shape index (κ1) is 12.8. The maximum Gasteiger partial charge on any atom is 0.139 e. The lowest BCUT2D eigenvalue weighted by atomic mass is 9.49. The van der Waals surface area contributed by atoms with Gasteiger partial charge >= 0.3 is 0 Å². The van der Waals surface area contributed by atoms with Gasteiger partial charge in [-0.3, -0.25) is 0 Å². The first-order chi connectivity index (χ1) is 9.74. The van der Waals surface area contributed by atoms with Crippen LogP contribution in [-0.2, 0) is 18.4 Å². The molecule has 4 fully saturated rings.